The van der Waals surface area contributed by atoms with E-state index in [0.29, 0.717) is 19.6 Å². The molecule has 2 aliphatic rings. The molecule has 25 heavy (non-hydrogen) atoms. The third-order valence-corrected chi connectivity index (χ3v) is 5.75. The van der Waals surface area contributed by atoms with Crippen LogP contribution in [0, 0.1) is 11.2 Å². The molecule has 3 rings (SSSR count). The number of halogens is 2. The Balaban J connectivity index is 1.65. The number of carbonyl (C=O) groups excluding carboxylic acids is 1. The Morgan fingerprint density at radius 1 is 1.32 bits per heavy atom. The minimum absolute atomic E-state index is 0.158. The van der Waals surface area contributed by atoms with Crippen LogP contribution in [0.4, 0.5) is 4.39 Å². The number of amides is 1. The van der Waals surface area contributed by atoms with Crippen LogP contribution in [0.3, 0.4) is 0 Å². The zero-order valence-electron chi connectivity index (χ0n) is 14.8. The molecule has 0 N–H and O–H groups in total. The normalized spacial score (nSPS) is 24.9. The van der Waals surface area contributed by atoms with E-state index in [4.69, 9.17) is 16.3 Å². The molecule has 0 radical (unpaired) electrons. The molecule has 1 spiro atoms. The molecule has 0 aromatic heterocycles. The van der Waals surface area contributed by atoms with Gasteiger partial charge in [-0.05, 0) is 43.5 Å². The van der Waals surface area contributed by atoms with Crippen molar-refractivity contribution in [2.75, 3.05) is 39.9 Å². The van der Waals surface area contributed by atoms with Gasteiger partial charge in [0.05, 0.1) is 11.6 Å². The van der Waals surface area contributed by atoms with Crippen molar-refractivity contribution in [3.05, 3.63) is 34.6 Å². The van der Waals surface area contributed by atoms with Gasteiger partial charge in [0.15, 0.2) is 0 Å². The molecule has 0 aliphatic carbocycles. The second kappa shape index (κ2) is 8.02. The fourth-order valence-electron chi connectivity index (χ4n) is 4.18. The summed E-state index contributed by atoms with van der Waals surface area (Å²) in [7, 11) is 1.66. The van der Waals surface area contributed by atoms with Gasteiger partial charge in [0, 0.05) is 45.1 Å². The largest absolute Gasteiger partial charge is 0.383 e. The van der Waals surface area contributed by atoms with Crippen molar-refractivity contribution in [1.82, 2.24) is 9.80 Å². The van der Waals surface area contributed by atoms with E-state index in [9.17, 15) is 9.18 Å². The number of methoxy groups -OCH3 is 1. The Morgan fingerprint density at radius 3 is 2.92 bits per heavy atom. The van der Waals surface area contributed by atoms with E-state index in [1.165, 1.54) is 6.07 Å². The third kappa shape index (κ3) is 4.52. The zero-order chi connectivity index (χ0) is 17.9. The molecule has 4 nitrogen and oxygen atoms in total. The van der Waals surface area contributed by atoms with Crippen molar-refractivity contribution in [1.29, 1.82) is 0 Å². The first kappa shape index (κ1) is 18.6. The maximum atomic E-state index is 13.7. The summed E-state index contributed by atoms with van der Waals surface area (Å²) in [6.07, 6.45) is 3.82. The summed E-state index contributed by atoms with van der Waals surface area (Å²) in [5, 5.41) is 0.165. The van der Waals surface area contributed by atoms with Gasteiger partial charge in [-0.15, -0.1) is 0 Å². The first-order chi connectivity index (χ1) is 12.0. The van der Waals surface area contributed by atoms with Gasteiger partial charge in [-0.1, -0.05) is 17.7 Å². The highest BCUT2D eigenvalue weighted by atomic mass is 35.5. The highest BCUT2D eigenvalue weighted by molar-refractivity contribution is 6.30. The van der Waals surface area contributed by atoms with Crippen molar-refractivity contribution in [2.24, 2.45) is 5.41 Å². The lowest BCUT2D eigenvalue weighted by Gasteiger charge is -2.48. The second-order valence-corrected chi connectivity index (χ2v) is 7.78. The van der Waals surface area contributed by atoms with Crippen LogP contribution in [-0.4, -0.2) is 55.6 Å². The van der Waals surface area contributed by atoms with Crippen molar-refractivity contribution in [3.63, 3.8) is 0 Å². The summed E-state index contributed by atoms with van der Waals surface area (Å²) in [5.74, 6) is -0.125. The van der Waals surface area contributed by atoms with Gasteiger partial charge in [-0.25, -0.2) is 4.39 Å². The van der Waals surface area contributed by atoms with Crippen molar-refractivity contribution in [2.45, 2.75) is 32.2 Å². The van der Waals surface area contributed by atoms with E-state index in [1.54, 1.807) is 13.2 Å². The quantitative estimate of drug-likeness (QED) is 0.799. The molecule has 2 aliphatic heterocycles. The van der Waals surface area contributed by atoms with E-state index in [-0.39, 0.29) is 22.2 Å². The van der Waals surface area contributed by atoms with E-state index in [0.717, 1.165) is 51.0 Å². The molecule has 0 saturated carbocycles. The number of hydrogen-bond acceptors (Lipinski definition) is 3. The van der Waals surface area contributed by atoms with Crippen molar-refractivity contribution in [3.8, 4) is 0 Å². The minimum Gasteiger partial charge on any atom is -0.383 e. The lowest BCUT2D eigenvalue weighted by Crippen LogP contribution is -2.54. The predicted molar refractivity (Wildman–Crippen MR) is 96.0 cm³/mol. The molecule has 0 bridgehead atoms. The Hall–Kier alpha value is -1.17. The van der Waals surface area contributed by atoms with Crippen LogP contribution in [0.1, 0.15) is 31.2 Å². The number of ether oxygens (including phenoxy) is 1. The summed E-state index contributed by atoms with van der Waals surface area (Å²) in [4.78, 5) is 16.5. The topological polar surface area (TPSA) is 32.8 Å². The van der Waals surface area contributed by atoms with Crippen LogP contribution in [-0.2, 0) is 16.1 Å². The van der Waals surface area contributed by atoms with Crippen LogP contribution < -0.4 is 0 Å². The highest BCUT2D eigenvalue weighted by Crippen LogP contribution is 2.39. The van der Waals surface area contributed by atoms with Crippen LogP contribution in [0.2, 0.25) is 5.02 Å². The summed E-state index contributed by atoms with van der Waals surface area (Å²) in [5.41, 5.74) is 1.10. The molecule has 138 valence electrons. The Morgan fingerprint density at radius 2 is 2.16 bits per heavy atom. The molecule has 1 aromatic carbocycles. The monoisotopic (exact) mass is 368 g/mol. The van der Waals surface area contributed by atoms with Gasteiger partial charge in [-0.3, -0.25) is 9.69 Å². The van der Waals surface area contributed by atoms with Crippen molar-refractivity contribution < 1.29 is 13.9 Å². The molecule has 1 atom stereocenters. The summed E-state index contributed by atoms with van der Waals surface area (Å²) >= 11 is 5.78. The van der Waals surface area contributed by atoms with E-state index >= 15 is 0 Å². The van der Waals surface area contributed by atoms with Gasteiger partial charge in [0.2, 0.25) is 5.91 Å². The number of benzene rings is 1. The first-order valence-electron chi connectivity index (χ1n) is 8.94. The Kier molecular flexibility index (Phi) is 5.97. The number of carbonyl (C=O) groups is 1. The smallest absolute Gasteiger partial charge is 0.222 e. The van der Waals surface area contributed by atoms with Crippen LogP contribution in [0.5, 0.6) is 0 Å². The molecular weight excluding hydrogens is 343 g/mol. The maximum Gasteiger partial charge on any atom is 0.222 e. The lowest BCUT2D eigenvalue weighted by atomic mass is 9.73. The minimum atomic E-state index is -0.361. The summed E-state index contributed by atoms with van der Waals surface area (Å²) in [6, 6.07) is 5.04. The van der Waals surface area contributed by atoms with Crippen LogP contribution in [0.25, 0.3) is 0 Å². The Labute approximate surface area is 153 Å². The molecule has 6 heteroatoms. The molecule has 1 aromatic rings. The average molecular weight is 369 g/mol. The summed E-state index contributed by atoms with van der Waals surface area (Å²) < 4.78 is 18.8. The SMILES string of the molecule is COCCN1C[C@@]2(CCCN(Cc3ccc(Cl)c(F)c3)C2)CCC1=O. The van der Waals surface area contributed by atoms with Gasteiger partial charge in [-0.2, -0.15) is 0 Å². The van der Waals surface area contributed by atoms with Gasteiger partial charge in [0.1, 0.15) is 5.82 Å². The molecule has 2 saturated heterocycles. The van der Waals surface area contributed by atoms with Crippen LogP contribution >= 0.6 is 11.6 Å². The Bertz CT molecular complexity index is 627. The molecule has 2 heterocycles. The van der Waals surface area contributed by atoms with Crippen molar-refractivity contribution >= 4 is 17.5 Å². The second-order valence-electron chi connectivity index (χ2n) is 7.37. The molecule has 0 unspecified atom stereocenters. The van der Waals surface area contributed by atoms with Crippen LogP contribution in [0.15, 0.2) is 18.2 Å². The fourth-order valence-corrected chi connectivity index (χ4v) is 4.30. The number of nitrogens with zero attached hydrogens (tertiary/aromatic N) is 2. The average Bonchev–Trinajstić information content (AvgIpc) is 2.59. The van der Waals surface area contributed by atoms with Gasteiger partial charge in [0.25, 0.3) is 0 Å². The number of rotatable bonds is 5. The number of likely N-dealkylation sites (tertiary alicyclic amines) is 2. The molecule has 2 fully saturated rings. The van der Waals surface area contributed by atoms with Gasteiger partial charge < -0.3 is 9.64 Å². The first-order valence-corrected chi connectivity index (χ1v) is 9.32. The number of piperidine rings is 2. The van der Waals surface area contributed by atoms with E-state index in [1.807, 2.05) is 11.0 Å². The zero-order valence-corrected chi connectivity index (χ0v) is 15.5. The van der Waals surface area contributed by atoms with Gasteiger partial charge >= 0.3 is 0 Å². The summed E-state index contributed by atoms with van der Waals surface area (Å²) in [6.45, 7) is 4.74. The standard InChI is InChI=1S/C19H26ClFN2O2/c1-25-10-9-23-14-19(7-5-18(23)24)6-2-8-22(13-19)12-15-3-4-16(20)17(21)11-15/h3-4,11H,2,5-10,12-14H2,1H3/t19-/m0/s1. The van der Waals surface area contributed by atoms with E-state index < -0.39 is 0 Å². The lowest BCUT2D eigenvalue weighted by molar-refractivity contribution is -0.140. The molecular formula is C19H26ClFN2O2. The third-order valence-electron chi connectivity index (χ3n) is 5.44. The fraction of sp³-hybridized carbons (Fsp3) is 0.632. The highest BCUT2D eigenvalue weighted by Gasteiger charge is 2.41. The maximum absolute atomic E-state index is 13.7. The predicted octanol–water partition coefficient (Wildman–Crippen LogP) is 3.33. The molecule has 1 amide bonds. The van der Waals surface area contributed by atoms with E-state index in [2.05, 4.69) is 4.90 Å². The number of hydrogen-bond donors (Lipinski definition) is 0.